The molecule has 0 bridgehead atoms. The van der Waals surface area contributed by atoms with E-state index in [2.05, 4.69) is 0 Å². The number of rotatable bonds is 6. The number of nitrogens with zero attached hydrogens (tertiary/aromatic N) is 1. The Kier molecular flexibility index (Phi) is 6.44. The highest BCUT2D eigenvalue weighted by Crippen LogP contribution is 2.26. The Morgan fingerprint density at radius 1 is 1.07 bits per heavy atom. The fraction of sp³-hybridized carbons (Fsp3) is 0.333. The van der Waals surface area contributed by atoms with Gasteiger partial charge in [0, 0.05) is 12.1 Å². The number of halogens is 1. The van der Waals surface area contributed by atoms with Gasteiger partial charge in [0.05, 0.1) is 4.90 Å². The maximum atomic E-state index is 13.0. The second kappa shape index (κ2) is 8.84. The summed E-state index contributed by atoms with van der Waals surface area (Å²) in [5, 5.41) is 0. The smallest absolute Gasteiger partial charge is 0.325 e. The molecule has 0 saturated carbocycles. The zero-order valence-corrected chi connectivity index (χ0v) is 16.8. The molecule has 3 rings (SSSR count). The fourth-order valence-corrected chi connectivity index (χ4v) is 4.98. The average molecular weight is 419 g/mol. The number of ether oxygens (including phenoxy) is 1. The third kappa shape index (κ3) is 4.71. The summed E-state index contributed by atoms with van der Waals surface area (Å²) in [7, 11) is -3.86. The molecule has 1 aliphatic heterocycles. The van der Waals surface area contributed by atoms with Crippen LogP contribution in [0.1, 0.15) is 36.5 Å². The number of carbonyl (C=O) groups is 2. The number of Topliss-reactive ketones (excluding diaryl/α,β-unsaturated/α-hetero) is 1. The minimum Gasteiger partial charge on any atom is -0.453 e. The SMILES string of the molecule is C[C@@H](OC(=O)[C@H]1CCCCN1S(=O)(=O)c1ccccc1)C(=O)c1ccc(F)cc1. The third-order valence-corrected chi connectivity index (χ3v) is 6.79. The first-order valence-electron chi connectivity index (χ1n) is 9.38. The van der Waals surface area contributed by atoms with E-state index in [0.29, 0.717) is 19.3 Å². The quantitative estimate of drug-likeness (QED) is 0.531. The van der Waals surface area contributed by atoms with Crippen LogP contribution in [0, 0.1) is 5.82 Å². The fourth-order valence-electron chi connectivity index (χ4n) is 3.31. The first-order valence-corrected chi connectivity index (χ1v) is 10.8. The van der Waals surface area contributed by atoms with Crippen molar-refractivity contribution in [3.8, 4) is 0 Å². The summed E-state index contributed by atoms with van der Waals surface area (Å²) in [5.41, 5.74) is 0.212. The minimum absolute atomic E-state index is 0.107. The van der Waals surface area contributed by atoms with Gasteiger partial charge in [-0.2, -0.15) is 4.31 Å². The van der Waals surface area contributed by atoms with Crippen molar-refractivity contribution in [1.29, 1.82) is 0 Å². The van der Waals surface area contributed by atoms with E-state index in [1.165, 1.54) is 31.2 Å². The molecule has 1 heterocycles. The van der Waals surface area contributed by atoms with E-state index in [-0.39, 0.29) is 17.0 Å². The van der Waals surface area contributed by atoms with Gasteiger partial charge in [0.2, 0.25) is 15.8 Å². The average Bonchev–Trinajstić information content (AvgIpc) is 2.74. The lowest BCUT2D eigenvalue weighted by molar-refractivity contribution is -0.151. The van der Waals surface area contributed by atoms with E-state index >= 15 is 0 Å². The van der Waals surface area contributed by atoms with Crippen molar-refractivity contribution in [2.45, 2.75) is 43.2 Å². The van der Waals surface area contributed by atoms with E-state index in [0.717, 1.165) is 16.4 Å². The van der Waals surface area contributed by atoms with E-state index in [1.807, 2.05) is 0 Å². The van der Waals surface area contributed by atoms with E-state index in [4.69, 9.17) is 4.74 Å². The summed E-state index contributed by atoms with van der Waals surface area (Å²) in [6, 6.07) is 11.8. The van der Waals surface area contributed by atoms with Crippen LogP contribution in [0.5, 0.6) is 0 Å². The van der Waals surface area contributed by atoms with Gasteiger partial charge < -0.3 is 4.74 Å². The molecule has 0 aromatic heterocycles. The number of carbonyl (C=O) groups excluding carboxylic acids is 2. The van der Waals surface area contributed by atoms with Crippen LogP contribution >= 0.6 is 0 Å². The second-order valence-corrected chi connectivity index (χ2v) is 8.78. The monoisotopic (exact) mass is 419 g/mol. The van der Waals surface area contributed by atoms with Gasteiger partial charge in [-0.05, 0) is 62.6 Å². The molecule has 29 heavy (non-hydrogen) atoms. The van der Waals surface area contributed by atoms with Gasteiger partial charge >= 0.3 is 5.97 Å². The number of piperidine rings is 1. The maximum Gasteiger partial charge on any atom is 0.325 e. The van der Waals surface area contributed by atoms with Crippen LogP contribution in [0.2, 0.25) is 0 Å². The molecule has 6 nitrogen and oxygen atoms in total. The molecule has 2 aromatic carbocycles. The summed E-state index contributed by atoms with van der Waals surface area (Å²) in [6.07, 6.45) is 0.527. The van der Waals surface area contributed by atoms with Crippen LogP contribution in [0.3, 0.4) is 0 Å². The number of hydrogen-bond acceptors (Lipinski definition) is 5. The number of benzene rings is 2. The van der Waals surface area contributed by atoms with Crippen LogP contribution < -0.4 is 0 Å². The highest BCUT2D eigenvalue weighted by Gasteiger charge is 2.39. The first kappa shape index (κ1) is 21.1. The molecule has 1 saturated heterocycles. The Balaban J connectivity index is 1.76. The molecule has 154 valence electrons. The summed E-state index contributed by atoms with van der Waals surface area (Å²) < 4.78 is 45.5. The van der Waals surface area contributed by atoms with Crippen molar-refractivity contribution in [3.05, 3.63) is 66.0 Å². The molecular weight excluding hydrogens is 397 g/mol. The van der Waals surface area contributed by atoms with Crippen LogP contribution in [0.4, 0.5) is 4.39 Å². The Bertz CT molecular complexity index is 976. The number of sulfonamides is 1. The van der Waals surface area contributed by atoms with Crippen molar-refractivity contribution in [2.75, 3.05) is 6.54 Å². The molecule has 1 fully saturated rings. The number of ketones is 1. The van der Waals surface area contributed by atoms with Crippen molar-refractivity contribution >= 4 is 21.8 Å². The standard InChI is InChI=1S/C21H22FNO5S/c1-15(20(24)16-10-12-17(22)13-11-16)28-21(25)19-9-5-6-14-23(19)29(26,27)18-7-3-2-4-8-18/h2-4,7-8,10-13,15,19H,5-6,9,14H2,1H3/t15-,19-/m1/s1. The zero-order valence-electron chi connectivity index (χ0n) is 16.0. The lowest BCUT2D eigenvalue weighted by Crippen LogP contribution is -2.49. The van der Waals surface area contributed by atoms with Crippen molar-refractivity contribution in [1.82, 2.24) is 4.31 Å². The van der Waals surface area contributed by atoms with E-state index in [9.17, 15) is 22.4 Å². The second-order valence-electron chi connectivity index (χ2n) is 6.89. The summed E-state index contributed by atoms with van der Waals surface area (Å²) in [6.45, 7) is 1.62. The van der Waals surface area contributed by atoms with Gasteiger partial charge in [0.1, 0.15) is 11.9 Å². The van der Waals surface area contributed by atoms with Crippen molar-refractivity contribution < 1.29 is 27.1 Å². The molecule has 0 N–H and O–H groups in total. The van der Waals surface area contributed by atoms with Crippen LogP contribution in [-0.2, 0) is 19.6 Å². The topological polar surface area (TPSA) is 80.8 Å². The van der Waals surface area contributed by atoms with E-state index < -0.39 is 39.7 Å². The predicted octanol–water partition coefficient (Wildman–Crippen LogP) is 3.18. The third-order valence-electron chi connectivity index (χ3n) is 4.87. The van der Waals surface area contributed by atoms with Crippen LogP contribution in [0.15, 0.2) is 59.5 Å². The highest BCUT2D eigenvalue weighted by molar-refractivity contribution is 7.89. The van der Waals surface area contributed by atoms with Crippen molar-refractivity contribution in [3.63, 3.8) is 0 Å². The van der Waals surface area contributed by atoms with Crippen molar-refractivity contribution in [2.24, 2.45) is 0 Å². The zero-order chi connectivity index (χ0) is 21.0. The highest BCUT2D eigenvalue weighted by atomic mass is 32.2. The maximum absolute atomic E-state index is 13.0. The first-order chi connectivity index (χ1) is 13.8. The Morgan fingerprint density at radius 3 is 2.38 bits per heavy atom. The number of hydrogen-bond donors (Lipinski definition) is 0. The lowest BCUT2D eigenvalue weighted by atomic mass is 10.0. The normalized spacial score (nSPS) is 18.8. The number of esters is 1. The molecule has 0 unspecified atom stereocenters. The molecule has 0 spiro atoms. The van der Waals surface area contributed by atoms with Gasteiger partial charge in [-0.25, -0.2) is 12.8 Å². The summed E-state index contributed by atoms with van der Waals surface area (Å²) >= 11 is 0. The molecule has 2 aromatic rings. The van der Waals surface area contributed by atoms with Gasteiger partial charge in [0.15, 0.2) is 6.10 Å². The molecule has 0 amide bonds. The molecule has 8 heteroatoms. The van der Waals surface area contributed by atoms with Gasteiger partial charge in [0.25, 0.3) is 0 Å². The molecule has 0 radical (unpaired) electrons. The van der Waals surface area contributed by atoms with Gasteiger partial charge in [-0.15, -0.1) is 0 Å². The molecular formula is C21H22FNO5S. The van der Waals surface area contributed by atoms with Gasteiger partial charge in [-0.3, -0.25) is 9.59 Å². The minimum atomic E-state index is -3.86. The predicted molar refractivity (Wildman–Crippen MR) is 104 cm³/mol. The summed E-state index contributed by atoms with van der Waals surface area (Å²) in [5.74, 6) is -1.71. The van der Waals surface area contributed by atoms with Crippen LogP contribution in [-0.4, -0.2) is 43.2 Å². The van der Waals surface area contributed by atoms with Crippen LogP contribution in [0.25, 0.3) is 0 Å². The van der Waals surface area contributed by atoms with Gasteiger partial charge in [-0.1, -0.05) is 18.2 Å². The largest absolute Gasteiger partial charge is 0.453 e. The molecule has 2 atom stereocenters. The Morgan fingerprint density at radius 2 is 1.72 bits per heavy atom. The van der Waals surface area contributed by atoms with E-state index in [1.54, 1.807) is 18.2 Å². The molecule has 0 aliphatic carbocycles. The lowest BCUT2D eigenvalue weighted by Gasteiger charge is -2.33. The molecule has 1 aliphatic rings. The Labute approximate surface area is 169 Å². The summed E-state index contributed by atoms with van der Waals surface area (Å²) in [4.78, 5) is 25.3. The Hall–Kier alpha value is -2.58.